The van der Waals surface area contributed by atoms with Crippen LogP contribution < -0.4 is 15.0 Å². The number of halogens is 3. The molecule has 1 aromatic heterocycles. The maximum absolute atomic E-state index is 13.0. The second kappa shape index (κ2) is 9.72. The number of pyridine rings is 1. The molecule has 1 amide bonds. The Morgan fingerprint density at radius 2 is 2.03 bits per heavy atom. The molecule has 31 heavy (non-hydrogen) atoms. The van der Waals surface area contributed by atoms with Gasteiger partial charge in [-0.15, -0.1) is 0 Å². The van der Waals surface area contributed by atoms with Crippen LogP contribution in [0.4, 0.5) is 18.9 Å². The number of carbonyl (C=O) groups excluding carboxylic acids is 1. The van der Waals surface area contributed by atoms with Crippen LogP contribution in [0.5, 0.6) is 5.75 Å². The van der Waals surface area contributed by atoms with Gasteiger partial charge in [-0.25, -0.2) is 0 Å². The molecule has 1 aromatic carbocycles. The number of aromatic nitrogens is 1. The molecule has 2 heterocycles. The fraction of sp³-hybridized carbons (Fsp3) is 0.545. The van der Waals surface area contributed by atoms with E-state index in [1.807, 2.05) is 11.8 Å². The third-order valence-corrected chi connectivity index (χ3v) is 5.84. The Morgan fingerprint density at radius 3 is 2.61 bits per heavy atom. The van der Waals surface area contributed by atoms with Gasteiger partial charge in [0, 0.05) is 43.4 Å². The van der Waals surface area contributed by atoms with Crippen molar-refractivity contribution in [3.8, 4) is 5.75 Å². The molecule has 1 aliphatic heterocycles. The summed E-state index contributed by atoms with van der Waals surface area (Å²) in [5.74, 6) is -1.02. The quantitative estimate of drug-likeness (QED) is 0.684. The molecule has 0 radical (unpaired) electrons. The van der Waals surface area contributed by atoms with Crippen molar-refractivity contribution in [2.24, 2.45) is 5.92 Å². The van der Waals surface area contributed by atoms with Crippen LogP contribution in [0.25, 0.3) is 10.9 Å². The number of hydrogen-bond acceptors (Lipinski definition) is 5. The number of hydrogen-bond donors (Lipinski definition) is 2. The zero-order chi connectivity index (χ0) is 22.6. The number of anilines is 1. The molecule has 3 rings (SSSR count). The van der Waals surface area contributed by atoms with E-state index < -0.39 is 12.1 Å². The number of methoxy groups -OCH3 is 1. The third kappa shape index (κ3) is 5.39. The molecule has 6 nitrogen and oxygen atoms in total. The van der Waals surface area contributed by atoms with Gasteiger partial charge in [0.25, 0.3) is 5.91 Å². The number of benzene rings is 1. The van der Waals surface area contributed by atoms with Crippen molar-refractivity contribution < 1.29 is 27.8 Å². The minimum atomic E-state index is -4.17. The molecule has 0 aliphatic carbocycles. The number of fused-ring (bicyclic) bond motifs is 1. The highest BCUT2D eigenvalue weighted by atomic mass is 19.4. The number of aliphatic hydroxyl groups is 1. The SMILES string of the molecule is CC[C@H](CCO)NC(=O)c1cnc2c(N3CCC(C(F)(F)F)CC3)cc(OC)cc2c1. The smallest absolute Gasteiger partial charge is 0.391 e. The number of carbonyl (C=O) groups is 1. The van der Waals surface area contributed by atoms with Gasteiger partial charge in [-0.1, -0.05) is 6.92 Å². The molecule has 0 saturated carbocycles. The Labute approximate surface area is 179 Å². The van der Waals surface area contributed by atoms with Crippen molar-refractivity contribution in [1.82, 2.24) is 10.3 Å². The highest BCUT2D eigenvalue weighted by Gasteiger charge is 2.41. The van der Waals surface area contributed by atoms with E-state index in [0.717, 1.165) is 0 Å². The molecular weight excluding hydrogens is 411 g/mol. The number of amides is 1. The van der Waals surface area contributed by atoms with Gasteiger partial charge in [-0.05, 0) is 37.8 Å². The third-order valence-electron chi connectivity index (χ3n) is 5.84. The predicted molar refractivity (Wildman–Crippen MR) is 113 cm³/mol. The first-order valence-corrected chi connectivity index (χ1v) is 10.5. The molecule has 1 saturated heterocycles. The summed E-state index contributed by atoms with van der Waals surface area (Å²) in [5, 5.41) is 12.7. The van der Waals surface area contributed by atoms with E-state index in [1.54, 1.807) is 18.2 Å². The first-order valence-electron chi connectivity index (χ1n) is 10.5. The number of ether oxygens (including phenoxy) is 1. The highest BCUT2D eigenvalue weighted by Crippen LogP contribution is 2.38. The minimum absolute atomic E-state index is 0.0135. The Bertz CT molecular complexity index is 912. The number of nitrogens with one attached hydrogen (secondary N) is 1. The Morgan fingerprint density at radius 1 is 1.32 bits per heavy atom. The maximum atomic E-state index is 13.0. The zero-order valence-corrected chi connectivity index (χ0v) is 17.7. The summed E-state index contributed by atoms with van der Waals surface area (Å²) in [6.45, 7) is 2.46. The minimum Gasteiger partial charge on any atom is -0.497 e. The van der Waals surface area contributed by atoms with Crippen LogP contribution in [0.3, 0.4) is 0 Å². The molecule has 0 bridgehead atoms. The summed E-state index contributed by atoms with van der Waals surface area (Å²) in [4.78, 5) is 19.0. The molecule has 9 heteroatoms. The lowest BCUT2D eigenvalue weighted by atomic mass is 9.95. The summed E-state index contributed by atoms with van der Waals surface area (Å²) in [6.07, 6.45) is -1.47. The summed E-state index contributed by atoms with van der Waals surface area (Å²) in [7, 11) is 1.52. The largest absolute Gasteiger partial charge is 0.497 e. The molecule has 2 N–H and O–H groups in total. The van der Waals surface area contributed by atoms with Gasteiger partial charge < -0.3 is 20.1 Å². The van der Waals surface area contributed by atoms with Crippen molar-refractivity contribution in [2.75, 3.05) is 31.7 Å². The van der Waals surface area contributed by atoms with Gasteiger partial charge in [-0.2, -0.15) is 13.2 Å². The molecule has 170 valence electrons. The van der Waals surface area contributed by atoms with E-state index in [4.69, 9.17) is 9.84 Å². The van der Waals surface area contributed by atoms with Gasteiger partial charge in [0.05, 0.1) is 29.8 Å². The van der Waals surface area contributed by atoms with Crippen molar-refractivity contribution >= 4 is 22.5 Å². The molecule has 1 fully saturated rings. The summed E-state index contributed by atoms with van der Waals surface area (Å²) in [5.41, 5.74) is 1.69. The number of aliphatic hydroxyl groups excluding tert-OH is 1. The molecule has 0 unspecified atom stereocenters. The Kier molecular flexibility index (Phi) is 7.25. The van der Waals surface area contributed by atoms with Crippen LogP contribution in [0, 0.1) is 5.92 Å². The average Bonchev–Trinajstić information content (AvgIpc) is 2.76. The molecule has 0 spiro atoms. The summed E-state index contributed by atoms with van der Waals surface area (Å²) in [6, 6.07) is 5.11. The lowest BCUT2D eigenvalue weighted by Gasteiger charge is -2.34. The fourth-order valence-electron chi connectivity index (χ4n) is 3.94. The van der Waals surface area contributed by atoms with Crippen LogP contribution in [0.1, 0.15) is 43.0 Å². The van der Waals surface area contributed by atoms with Crippen molar-refractivity contribution in [2.45, 2.75) is 44.8 Å². The van der Waals surface area contributed by atoms with Crippen LogP contribution in [-0.2, 0) is 0 Å². The fourth-order valence-corrected chi connectivity index (χ4v) is 3.94. The van der Waals surface area contributed by atoms with Gasteiger partial charge in [0.2, 0.25) is 0 Å². The van der Waals surface area contributed by atoms with Crippen molar-refractivity contribution in [3.05, 3.63) is 30.0 Å². The van der Waals surface area contributed by atoms with Crippen LogP contribution >= 0.6 is 0 Å². The topological polar surface area (TPSA) is 74.7 Å². The zero-order valence-electron chi connectivity index (χ0n) is 17.7. The van der Waals surface area contributed by atoms with Gasteiger partial charge in [0.1, 0.15) is 5.75 Å². The van der Waals surface area contributed by atoms with E-state index in [-0.39, 0.29) is 44.5 Å². The van der Waals surface area contributed by atoms with E-state index in [2.05, 4.69) is 10.3 Å². The van der Waals surface area contributed by atoms with E-state index in [0.29, 0.717) is 40.7 Å². The second-order valence-corrected chi connectivity index (χ2v) is 7.84. The summed E-state index contributed by atoms with van der Waals surface area (Å²) < 4.78 is 44.5. The van der Waals surface area contributed by atoms with Gasteiger partial charge >= 0.3 is 6.18 Å². The highest BCUT2D eigenvalue weighted by molar-refractivity contribution is 6.00. The van der Waals surface area contributed by atoms with Crippen LogP contribution in [0.15, 0.2) is 24.4 Å². The number of nitrogens with zero attached hydrogens (tertiary/aromatic N) is 2. The standard InChI is InChI=1S/C22H28F3N3O3/c1-3-17(6-9-29)27-21(30)15-10-14-11-18(31-2)12-19(20(14)26-13-15)28-7-4-16(5-8-28)22(23,24)25/h10-13,16-17,29H,3-9H2,1-2H3,(H,27,30)/t17-/m1/s1. The first-order chi connectivity index (χ1) is 14.8. The average molecular weight is 439 g/mol. The van der Waals surface area contributed by atoms with Gasteiger partial charge in [-0.3, -0.25) is 9.78 Å². The maximum Gasteiger partial charge on any atom is 0.391 e. The van der Waals surface area contributed by atoms with E-state index in [9.17, 15) is 18.0 Å². The van der Waals surface area contributed by atoms with Crippen molar-refractivity contribution in [3.63, 3.8) is 0 Å². The van der Waals surface area contributed by atoms with Gasteiger partial charge in [0.15, 0.2) is 0 Å². The Balaban J connectivity index is 1.88. The number of piperidine rings is 1. The molecule has 2 aromatic rings. The van der Waals surface area contributed by atoms with E-state index >= 15 is 0 Å². The lowest BCUT2D eigenvalue weighted by molar-refractivity contribution is -0.179. The monoisotopic (exact) mass is 439 g/mol. The lowest BCUT2D eigenvalue weighted by Crippen LogP contribution is -2.39. The van der Waals surface area contributed by atoms with Crippen LogP contribution in [-0.4, -0.2) is 55.0 Å². The first kappa shape index (κ1) is 23.1. The van der Waals surface area contributed by atoms with E-state index in [1.165, 1.54) is 13.3 Å². The van der Waals surface area contributed by atoms with Crippen molar-refractivity contribution in [1.29, 1.82) is 0 Å². The molecule has 1 aliphatic rings. The van der Waals surface area contributed by atoms with Crippen LogP contribution in [0.2, 0.25) is 0 Å². The molecule has 1 atom stereocenters. The molecular formula is C22H28F3N3O3. The Hall–Kier alpha value is -2.55. The predicted octanol–water partition coefficient (Wildman–Crippen LogP) is 3.91. The normalized spacial score (nSPS) is 16.4. The number of rotatable bonds is 7. The summed E-state index contributed by atoms with van der Waals surface area (Å²) >= 11 is 0. The number of alkyl halides is 3. The second-order valence-electron chi connectivity index (χ2n) is 7.84.